The average molecular weight is 361 g/mol. The lowest BCUT2D eigenvalue weighted by Gasteiger charge is -2.16. The van der Waals surface area contributed by atoms with Crippen molar-refractivity contribution in [3.05, 3.63) is 59.7 Å². The predicted molar refractivity (Wildman–Crippen MR) is 99.1 cm³/mol. The Morgan fingerprint density at radius 3 is 2.36 bits per heavy atom. The maximum atomic E-state index is 11.6. The van der Waals surface area contributed by atoms with Crippen LogP contribution in [-0.4, -0.2) is 39.1 Å². The molecule has 25 heavy (non-hydrogen) atoms. The van der Waals surface area contributed by atoms with Crippen LogP contribution in [0, 0.1) is 0 Å². The molecule has 0 saturated heterocycles. The molecule has 0 atom stereocenters. The number of sulfonamides is 1. The van der Waals surface area contributed by atoms with E-state index in [1.807, 2.05) is 48.5 Å². The lowest BCUT2D eigenvalue weighted by molar-refractivity contribution is -0.128. The molecular formula is C18H23N3O3S. The van der Waals surface area contributed by atoms with Crippen molar-refractivity contribution in [1.29, 1.82) is 0 Å². The first-order valence-corrected chi connectivity index (χ1v) is 9.74. The van der Waals surface area contributed by atoms with Crippen LogP contribution in [0.15, 0.2) is 48.5 Å². The van der Waals surface area contributed by atoms with Crippen molar-refractivity contribution in [3.8, 4) is 11.1 Å². The highest BCUT2D eigenvalue weighted by molar-refractivity contribution is 7.88. The fourth-order valence-electron chi connectivity index (χ4n) is 2.40. The number of carbonyl (C=O) groups is 1. The molecule has 3 N–H and O–H groups in total. The smallest absolute Gasteiger partial charge is 0.236 e. The quantitative estimate of drug-likeness (QED) is 0.778. The van der Waals surface area contributed by atoms with Gasteiger partial charge in [0.1, 0.15) is 0 Å². The standard InChI is InChI=1S/C18H23N3O3S/c1-21(18(22)11-19)13-15-4-3-5-17(10-15)16-8-6-14(7-9-16)12-20-25(2,23)24/h3-10,20H,11-13,19H2,1-2H3. The Morgan fingerprint density at radius 1 is 1.08 bits per heavy atom. The molecule has 0 heterocycles. The summed E-state index contributed by atoms with van der Waals surface area (Å²) in [7, 11) is -1.47. The van der Waals surface area contributed by atoms with Gasteiger partial charge < -0.3 is 10.6 Å². The number of amides is 1. The number of hydrogen-bond acceptors (Lipinski definition) is 4. The van der Waals surface area contributed by atoms with Gasteiger partial charge in [-0.3, -0.25) is 4.79 Å². The van der Waals surface area contributed by atoms with Crippen LogP contribution in [0.4, 0.5) is 0 Å². The summed E-state index contributed by atoms with van der Waals surface area (Å²) in [6.07, 6.45) is 1.14. The Bertz CT molecular complexity index is 833. The summed E-state index contributed by atoms with van der Waals surface area (Å²) in [5.41, 5.74) is 9.35. The van der Waals surface area contributed by atoms with Crippen molar-refractivity contribution in [2.75, 3.05) is 19.8 Å². The Balaban J connectivity index is 2.11. The number of nitrogens with two attached hydrogens (primary N) is 1. The Kier molecular flexibility index (Phi) is 6.30. The summed E-state index contributed by atoms with van der Waals surface area (Å²) < 4.78 is 24.8. The van der Waals surface area contributed by atoms with Crippen LogP contribution in [0.3, 0.4) is 0 Å². The molecule has 1 amide bonds. The average Bonchev–Trinajstić information content (AvgIpc) is 2.59. The number of nitrogens with one attached hydrogen (secondary N) is 1. The molecule has 6 nitrogen and oxygen atoms in total. The highest BCUT2D eigenvalue weighted by Crippen LogP contribution is 2.21. The highest BCUT2D eigenvalue weighted by atomic mass is 32.2. The lowest BCUT2D eigenvalue weighted by atomic mass is 10.0. The third-order valence-corrected chi connectivity index (χ3v) is 4.44. The van der Waals surface area contributed by atoms with Gasteiger partial charge in [-0.2, -0.15) is 0 Å². The van der Waals surface area contributed by atoms with E-state index in [-0.39, 0.29) is 19.0 Å². The van der Waals surface area contributed by atoms with Crippen molar-refractivity contribution >= 4 is 15.9 Å². The van der Waals surface area contributed by atoms with E-state index in [2.05, 4.69) is 4.72 Å². The zero-order chi connectivity index (χ0) is 18.4. The van der Waals surface area contributed by atoms with Gasteiger partial charge in [0.15, 0.2) is 0 Å². The topological polar surface area (TPSA) is 92.5 Å². The van der Waals surface area contributed by atoms with Gasteiger partial charge in [-0.25, -0.2) is 13.1 Å². The summed E-state index contributed by atoms with van der Waals surface area (Å²) in [6, 6.07) is 15.6. The largest absolute Gasteiger partial charge is 0.340 e. The molecule has 0 bridgehead atoms. The maximum Gasteiger partial charge on any atom is 0.236 e. The van der Waals surface area contributed by atoms with Gasteiger partial charge in [0.2, 0.25) is 15.9 Å². The van der Waals surface area contributed by atoms with E-state index in [0.717, 1.165) is 28.5 Å². The molecule has 2 aromatic rings. The predicted octanol–water partition coefficient (Wildman–Crippen LogP) is 1.32. The van der Waals surface area contributed by atoms with Gasteiger partial charge >= 0.3 is 0 Å². The van der Waals surface area contributed by atoms with Crippen LogP contribution in [0.2, 0.25) is 0 Å². The van der Waals surface area contributed by atoms with Gasteiger partial charge in [0, 0.05) is 20.1 Å². The molecule has 2 rings (SSSR count). The summed E-state index contributed by atoms with van der Waals surface area (Å²) in [6.45, 7) is 0.768. The molecule has 0 fully saturated rings. The molecule has 0 radical (unpaired) electrons. The van der Waals surface area contributed by atoms with Crippen molar-refractivity contribution in [3.63, 3.8) is 0 Å². The zero-order valence-electron chi connectivity index (χ0n) is 14.4. The molecule has 0 aliphatic carbocycles. The molecule has 0 unspecified atom stereocenters. The minimum absolute atomic E-state index is 0.000825. The third kappa shape index (κ3) is 5.97. The van der Waals surface area contributed by atoms with Gasteiger partial charge in [-0.1, -0.05) is 42.5 Å². The van der Waals surface area contributed by atoms with E-state index in [9.17, 15) is 13.2 Å². The first-order chi connectivity index (χ1) is 11.8. The highest BCUT2D eigenvalue weighted by Gasteiger charge is 2.08. The molecule has 134 valence electrons. The maximum absolute atomic E-state index is 11.6. The van der Waals surface area contributed by atoms with Crippen LogP contribution in [-0.2, 0) is 27.9 Å². The van der Waals surface area contributed by atoms with E-state index in [4.69, 9.17) is 5.73 Å². The van der Waals surface area contributed by atoms with Crippen molar-refractivity contribution in [2.45, 2.75) is 13.1 Å². The minimum Gasteiger partial charge on any atom is -0.340 e. The van der Waals surface area contributed by atoms with Crippen molar-refractivity contribution in [2.24, 2.45) is 5.73 Å². The second kappa shape index (κ2) is 8.24. The van der Waals surface area contributed by atoms with E-state index in [1.54, 1.807) is 11.9 Å². The monoisotopic (exact) mass is 361 g/mol. The normalized spacial score (nSPS) is 11.3. The van der Waals surface area contributed by atoms with Gasteiger partial charge in [-0.05, 0) is 28.3 Å². The van der Waals surface area contributed by atoms with E-state index >= 15 is 0 Å². The van der Waals surface area contributed by atoms with E-state index in [0.29, 0.717) is 6.54 Å². The molecule has 7 heteroatoms. The third-order valence-electron chi connectivity index (χ3n) is 3.77. The number of rotatable bonds is 7. The second-order valence-electron chi connectivity index (χ2n) is 5.94. The number of likely N-dealkylation sites (N-methyl/N-ethyl adjacent to an activating group) is 1. The molecule has 2 aromatic carbocycles. The molecular weight excluding hydrogens is 338 g/mol. The Labute approximate surface area is 148 Å². The van der Waals surface area contributed by atoms with Crippen LogP contribution < -0.4 is 10.5 Å². The number of hydrogen-bond donors (Lipinski definition) is 2. The first kappa shape index (κ1) is 19.1. The molecule has 0 aromatic heterocycles. The first-order valence-electron chi connectivity index (χ1n) is 7.85. The zero-order valence-corrected chi connectivity index (χ0v) is 15.2. The molecule has 0 aliphatic rings. The minimum atomic E-state index is -3.20. The fourth-order valence-corrected chi connectivity index (χ4v) is 2.83. The SMILES string of the molecule is CN(Cc1cccc(-c2ccc(CNS(C)(=O)=O)cc2)c1)C(=O)CN. The summed E-state index contributed by atoms with van der Waals surface area (Å²) >= 11 is 0. The second-order valence-corrected chi connectivity index (χ2v) is 7.78. The number of carbonyl (C=O) groups excluding carboxylic acids is 1. The summed E-state index contributed by atoms with van der Waals surface area (Å²) in [5, 5.41) is 0. The van der Waals surface area contributed by atoms with Crippen LogP contribution in [0.1, 0.15) is 11.1 Å². The van der Waals surface area contributed by atoms with E-state index in [1.165, 1.54) is 0 Å². The van der Waals surface area contributed by atoms with Gasteiger partial charge in [-0.15, -0.1) is 0 Å². The van der Waals surface area contributed by atoms with Crippen LogP contribution in [0.25, 0.3) is 11.1 Å². The van der Waals surface area contributed by atoms with Crippen molar-refractivity contribution < 1.29 is 13.2 Å². The summed E-state index contributed by atoms with van der Waals surface area (Å²) in [5.74, 6) is -0.104. The van der Waals surface area contributed by atoms with Gasteiger partial charge in [0.25, 0.3) is 0 Å². The summed E-state index contributed by atoms with van der Waals surface area (Å²) in [4.78, 5) is 13.2. The fraction of sp³-hybridized carbons (Fsp3) is 0.278. The Morgan fingerprint density at radius 2 is 1.76 bits per heavy atom. The number of nitrogens with zero attached hydrogens (tertiary/aromatic N) is 1. The van der Waals surface area contributed by atoms with Crippen LogP contribution >= 0.6 is 0 Å². The lowest BCUT2D eigenvalue weighted by Crippen LogP contribution is -2.32. The molecule has 0 saturated carbocycles. The van der Waals surface area contributed by atoms with Crippen LogP contribution in [0.5, 0.6) is 0 Å². The molecule has 0 aliphatic heterocycles. The number of benzene rings is 2. The van der Waals surface area contributed by atoms with Crippen molar-refractivity contribution in [1.82, 2.24) is 9.62 Å². The Hall–Kier alpha value is -2.22. The van der Waals surface area contributed by atoms with Gasteiger partial charge in [0.05, 0.1) is 12.8 Å². The van der Waals surface area contributed by atoms with E-state index < -0.39 is 10.0 Å². The molecule has 0 spiro atoms.